The lowest BCUT2D eigenvalue weighted by molar-refractivity contribution is 0.133. The van der Waals surface area contributed by atoms with Crippen LogP contribution in [0, 0.1) is 0 Å². The Balaban J connectivity index is 1.94. The van der Waals surface area contributed by atoms with Gasteiger partial charge in [-0.05, 0) is 29.8 Å². The molecule has 0 aliphatic heterocycles. The van der Waals surface area contributed by atoms with Crippen LogP contribution in [-0.4, -0.2) is 42.8 Å². The zero-order valence-electron chi connectivity index (χ0n) is 11.4. The molecular weight excluding hydrogens is 236 g/mol. The third-order valence-electron chi connectivity index (χ3n) is 3.39. The van der Waals surface area contributed by atoms with Crippen LogP contribution in [0.25, 0.3) is 10.8 Å². The molecule has 0 aliphatic rings. The second-order valence-corrected chi connectivity index (χ2v) is 5.08. The molecule has 0 aliphatic carbocycles. The van der Waals surface area contributed by atoms with Crippen molar-refractivity contribution >= 4 is 10.8 Å². The first-order valence-electron chi connectivity index (χ1n) is 6.73. The molecule has 19 heavy (non-hydrogen) atoms. The molecule has 2 aromatic rings. The average Bonchev–Trinajstić information content (AvgIpc) is 2.44. The predicted octanol–water partition coefficient (Wildman–Crippen LogP) is 1.63. The fraction of sp³-hybridized carbons (Fsp3) is 0.375. The molecule has 0 saturated heterocycles. The van der Waals surface area contributed by atoms with Gasteiger partial charge in [0, 0.05) is 19.6 Å². The number of rotatable bonds is 6. The summed E-state index contributed by atoms with van der Waals surface area (Å²) in [6.07, 6.45) is 0.556. The minimum atomic E-state index is -0.429. The maximum absolute atomic E-state index is 9.50. The number of hydrogen-bond donors (Lipinski definition) is 2. The van der Waals surface area contributed by atoms with Crippen molar-refractivity contribution < 1.29 is 5.11 Å². The molecule has 1 atom stereocenters. The van der Waals surface area contributed by atoms with E-state index in [0.29, 0.717) is 13.1 Å². The first-order valence-corrected chi connectivity index (χ1v) is 6.73. The summed E-state index contributed by atoms with van der Waals surface area (Å²) in [5.74, 6) is 0. The van der Waals surface area contributed by atoms with Crippen molar-refractivity contribution in [1.82, 2.24) is 4.90 Å². The lowest BCUT2D eigenvalue weighted by Gasteiger charge is -2.19. The van der Waals surface area contributed by atoms with Gasteiger partial charge in [-0.3, -0.25) is 0 Å². The highest BCUT2D eigenvalue weighted by atomic mass is 16.3. The Kier molecular flexibility index (Phi) is 4.91. The van der Waals surface area contributed by atoms with Gasteiger partial charge in [-0.2, -0.15) is 0 Å². The van der Waals surface area contributed by atoms with Crippen molar-refractivity contribution in [2.75, 3.05) is 26.7 Å². The van der Waals surface area contributed by atoms with Gasteiger partial charge in [0.1, 0.15) is 0 Å². The van der Waals surface area contributed by atoms with E-state index in [9.17, 15) is 5.11 Å². The molecule has 0 radical (unpaired) electrons. The van der Waals surface area contributed by atoms with E-state index in [0.717, 1.165) is 13.0 Å². The van der Waals surface area contributed by atoms with E-state index in [4.69, 9.17) is 5.73 Å². The number of nitrogens with zero attached hydrogens (tertiary/aromatic N) is 1. The molecule has 2 rings (SSSR count). The van der Waals surface area contributed by atoms with Crippen LogP contribution in [0.2, 0.25) is 0 Å². The van der Waals surface area contributed by atoms with Crippen LogP contribution >= 0.6 is 0 Å². The topological polar surface area (TPSA) is 49.5 Å². The van der Waals surface area contributed by atoms with E-state index >= 15 is 0 Å². The molecule has 3 heteroatoms. The van der Waals surface area contributed by atoms with E-state index in [-0.39, 0.29) is 0 Å². The van der Waals surface area contributed by atoms with E-state index in [1.54, 1.807) is 0 Å². The number of benzene rings is 2. The van der Waals surface area contributed by atoms with Gasteiger partial charge in [0.05, 0.1) is 6.10 Å². The predicted molar refractivity (Wildman–Crippen MR) is 80.2 cm³/mol. The highest BCUT2D eigenvalue weighted by Gasteiger charge is 2.06. The molecule has 0 aromatic heterocycles. The number of nitrogens with two attached hydrogens (primary N) is 1. The van der Waals surface area contributed by atoms with Crippen molar-refractivity contribution in [3.05, 3.63) is 48.0 Å². The third kappa shape index (κ3) is 4.03. The Bertz CT molecular complexity index is 527. The van der Waals surface area contributed by atoms with Crippen LogP contribution < -0.4 is 5.73 Å². The smallest absolute Gasteiger partial charge is 0.0788 e. The number of aliphatic hydroxyl groups is 1. The number of aliphatic hydroxyl groups excluding tert-OH is 1. The highest BCUT2D eigenvalue weighted by Crippen LogP contribution is 2.16. The molecule has 3 nitrogen and oxygen atoms in total. The fourth-order valence-corrected chi connectivity index (χ4v) is 2.24. The Hall–Kier alpha value is -1.42. The quantitative estimate of drug-likeness (QED) is 0.828. The van der Waals surface area contributed by atoms with Gasteiger partial charge in [-0.25, -0.2) is 0 Å². The molecule has 0 saturated carbocycles. The first kappa shape index (κ1) is 14.0. The zero-order valence-corrected chi connectivity index (χ0v) is 11.4. The van der Waals surface area contributed by atoms with Crippen molar-refractivity contribution in [2.24, 2.45) is 5.73 Å². The molecular formula is C16H22N2O. The van der Waals surface area contributed by atoms with Crippen LogP contribution in [0.15, 0.2) is 42.5 Å². The fourth-order valence-electron chi connectivity index (χ4n) is 2.24. The summed E-state index contributed by atoms with van der Waals surface area (Å²) in [5.41, 5.74) is 6.74. The highest BCUT2D eigenvalue weighted by molar-refractivity contribution is 5.82. The maximum Gasteiger partial charge on any atom is 0.0788 e. The van der Waals surface area contributed by atoms with Gasteiger partial charge >= 0.3 is 0 Å². The summed E-state index contributed by atoms with van der Waals surface area (Å²) < 4.78 is 0. The van der Waals surface area contributed by atoms with Gasteiger partial charge in [0.25, 0.3) is 0 Å². The Labute approximate surface area is 114 Å². The molecule has 0 spiro atoms. The van der Waals surface area contributed by atoms with Crippen molar-refractivity contribution in [2.45, 2.75) is 12.5 Å². The van der Waals surface area contributed by atoms with Gasteiger partial charge in [0.15, 0.2) is 0 Å². The third-order valence-corrected chi connectivity index (χ3v) is 3.39. The molecule has 1 unspecified atom stereocenters. The van der Waals surface area contributed by atoms with Crippen molar-refractivity contribution in [3.8, 4) is 0 Å². The second-order valence-electron chi connectivity index (χ2n) is 5.08. The average molecular weight is 258 g/mol. The van der Waals surface area contributed by atoms with Gasteiger partial charge in [-0.1, -0.05) is 42.5 Å². The van der Waals surface area contributed by atoms with E-state index in [1.165, 1.54) is 16.3 Å². The SMILES string of the molecule is CN(CCc1ccc2ccccc2c1)CC(O)CN. The molecule has 3 N–H and O–H groups in total. The summed E-state index contributed by atoms with van der Waals surface area (Å²) >= 11 is 0. The molecule has 2 aromatic carbocycles. The summed E-state index contributed by atoms with van der Waals surface area (Å²) in [5, 5.41) is 12.1. The molecule has 0 amide bonds. The number of likely N-dealkylation sites (N-methyl/N-ethyl adjacent to an activating group) is 1. The molecule has 0 bridgehead atoms. The summed E-state index contributed by atoms with van der Waals surface area (Å²) in [7, 11) is 2.01. The van der Waals surface area contributed by atoms with Crippen molar-refractivity contribution in [3.63, 3.8) is 0 Å². The lowest BCUT2D eigenvalue weighted by atomic mass is 10.1. The van der Waals surface area contributed by atoms with E-state index in [1.807, 2.05) is 7.05 Å². The monoisotopic (exact) mass is 258 g/mol. The van der Waals surface area contributed by atoms with Crippen LogP contribution in [0.4, 0.5) is 0 Å². The normalized spacial score (nSPS) is 13.1. The Morgan fingerprint density at radius 1 is 1.16 bits per heavy atom. The minimum Gasteiger partial charge on any atom is -0.390 e. The van der Waals surface area contributed by atoms with E-state index < -0.39 is 6.10 Å². The van der Waals surface area contributed by atoms with Gasteiger partial charge in [-0.15, -0.1) is 0 Å². The number of fused-ring (bicyclic) bond motifs is 1. The molecule has 0 fully saturated rings. The van der Waals surface area contributed by atoms with Crippen LogP contribution in [0.5, 0.6) is 0 Å². The second kappa shape index (κ2) is 6.66. The molecule has 102 valence electrons. The van der Waals surface area contributed by atoms with Gasteiger partial charge < -0.3 is 15.7 Å². The summed E-state index contributed by atoms with van der Waals surface area (Å²) in [6, 6.07) is 15.0. The van der Waals surface area contributed by atoms with Crippen molar-refractivity contribution in [1.29, 1.82) is 0 Å². The lowest BCUT2D eigenvalue weighted by Crippen LogP contribution is -2.35. The first-order chi connectivity index (χ1) is 9.19. The Morgan fingerprint density at radius 2 is 1.89 bits per heavy atom. The minimum absolute atomic E-state index is 0.320. The maximum atomic E-state index is 9.50. The summed E-state index contributed by atoms with van der Waals surface area (Å²) in [6.45, 7) is 1.87. The van der Waals surface area contributed by atoms with Crippen LogP contribution in [0.3, 0.4) is 0 Å². The van der Waals surface area contributed by atoms with Crippen LogP contribution in [-0.2, 0) is 6.42 Å². The Morgan fingerprint density at radius 3 is 2.63 bits per heavy atom. The molecule has 0 heterocycles. The van der Waals surface area contributed by atoms with Gasteiger partial charge in [0.2, 0.25) is 0 Å². The number of hydrogen-bond acceptors (Lipinski definition) is 3. The standard InChI is InChI=1S/C16H22N2O/c1-18(12-16(19)11-17)9-8-13-6-7-14-4-2-3-5-15(14)10-13/h2-7,10,16,19H,8-9,11-12,17H2,1H3. The van der Waals surface area contributed by atoms with Crippen LogP contribution in [0.1, 0.15) is 5.56 Å². The zero-order chi connectivity index (χ0) is 13.7. The largest absolute Gasteiger partial charge is 0.390 e. The van der Waals surface area contributed by atoms with E-state index in [2.05, 4.69) is 47.4 Å². The summed E-state index contributed by atoms with van der Waals surface area (Å²) in [4.78, 5) is 2.12.